The fourth-order valence-corrected chi connectivity index (χ4v) is 1.97. The number of carbonyl (C=O) groups is 2. The molecule has 15 heavy (non-hydrogen) atoms. The Balaban J connectivity index is 2.49. The standard InChI is InChI=1S/C12H13NO2/c1-2-13-11-7-9(8-14)3-4-10(11)5-6-12(13)15/h3-4,7-8H,2,5-6H2,1H3. The van der Waals surface area contributed by atoms with Crippen LogP contribution < -0.4 is 4.90 Å². The summed E-state index contributed by atoms with van der Waals surface area (Å²) in [5, 5.41) is 0. The lowest BCUT2D eigenvalue weighted by Crippen LogP contribution is -2.34. The molecule has 3 nitrogen and oxygen atoms in total. The molecule has 1 aromatic rings. The van der Waals surface area contributed by atoms with Crippen LogP contribution in [0.5, 0.6) is 0 Å². The zero-order valence-corrected chi connectivity index (χ0v) is 8.69. The van der Waals surface area contributed by atoms with Crippen LogP contribution in [0, 0.1) is 0 Å². The molecule has 0 spiro atoms. The highest BCUT2D eigenvalue weighted by atomic mass is 16.2. The fourth-order valence-electron chi connectivity index (χ4n) is 1.97. The lowest BCUT2D eigenvalue weighted by molar-refractivity contribution is -0.118. The largest absolute Gasteiger partial charge is 0.312 e. The molecule has 1 heterocycles. The summed E-state index contributed by atoms with van der Waals surface area (Å²) in [6.45, 7) is 2.61. The van der Waals surface area contributed by atoms with Crippen molar-refractivity contribution in [3.05, 3.63) is 29.3 Å². The van der Waals surface area contributed by atoms with Crippen molar-refractivity contribution in [2.45, 2.75) is 19.8 Å². The van der Waals surface area contributed by atoms with E-state index in [9.17, 15) is 9.59 Å². The number of nitrogens with zero attached hydrogens (tertiary/aromatic N) is 1. The molecule has 1 aromatic carbocycles. The summed E-state index contributed by atoms with van der Waals surface area (Å²) in [7, 11) is 0. The number of fused-ring (bicyclic) bond motifs is 1. The first kappa shape index (κ1) is 9.90. The number of anilines is 1. The molecule has 0 unspecified atom stereocenters. The van der Waals surface area contributed by atoms with Gasteiger partial charge in [0, 0.05) is 24.2 Å². The smallest absolute Gasteiger partial charge is 0.227 e. The lowest BCUT2D eigenvalue weighted by atomic mass is 9.99. The fraction of sp³-hybridized carbons (Fsp3) is 0.333. The Labute approximate surface area is 88.7 Å². The number of benzene rings is 1. The van der Waals surface area contributed by atoms with Crippen LogP contribution in [0.2, 0.25) is 0 Å². The van der Waals surface area contributed by atoms with Crippen molar-refractivity contribution < 1.29 is 9.59 Å². The third-order valence-electron chi connectivity index (χ3n) is 2.76. The molecule has 3 heteroatoms. The van der Waals surface area contributed by atoms with Crippen LogP contribution in [0.4, 0.5) is 5.69 Å². The minimum Gasteiger partial charge on any atom is -0.312 e. The van der Waals surface area contributed by atoms with Gasteiger partial charge in [-0.15, -0.1) is 0 Å². The molecule has 0 radical (unpaired) electrons. The van der Waals surface area contributed by atoms with Crippen LogP contribution in [0.25, 0.3) is 0 Å². The van der Waals surface area contributed by atoms with Crippen molar-refractivity contribution in [3.63, 3.8) is 0 Å². The van der Waals surface area contributed by atoms with Gasteiger partial charge in [0.25, 0.3) is 0 Å². The number of rotatable bonds is 2. The van der Waals surface area contributed by atoms with E-state index in [1.54, 1.807) is 17.0 Å². The quantitative estimate of drug-likeness (QED) is 0.687. The maximum absolute atomic E-state index is 11.6. The average molecular weight is 203 g/mol. The molecule has 1 aliphatic heterocycles. The second kappa shape index (κ2) is 3.85. The molecule has 0 fully saturated rings. The van der Waals surface area contributed by atoms with Crippen LogP contribution in [0.15, 0.2) is 18.2 Å². The van der Waals surface area contributed by atoms with Crippen LogP contribution in [0.1, 0.15) is 29.3 Å². The van der Waals surface area contributed by atoms with E-state index in [0.717, 1.165) is 24.0 Å². The maximum atomic E-state index is 11.6. The van der Waals surface area contributed by atoms with Gasteiger partial charge in [0.05, 0.1) is 0 Å². The Morgan fingerprint density at radius 2 is 2.20 bits per heavy atom. The predicted octanol–water partition coefficient (Wildman–Crippen LogP) is 1.80. The Morgan fingerprint density at radius 3 is 2.87 bits per heavy atom. The van der Waals surface area contributed by atoms with Gasteiger partial charge >= 0.3 is 0 Å². The molecule has 1 aliphatic rings. The highest BCUT2D eigenvalue weighted by Gasteiger charge is 2.22. The highest BCUT2D eigenvalue weighted by molar-refractivity contribution is 5.97. The summed E-state index contributed by atoms with van der Waals surface area (Å²) in [6.07, 6.45) is 2.16. The molecule has 0 saturated heterocycles. The van der Waals surface area contributed by atoms with E-state index < -0.39 is 0 Å². The molecule has 0 bridgehead atoms. The monoisotopic (exact) mass is 203 g/mol. The summed E-state index contributed by atoms with van der Waals surface area (Å²) in [4.78, 5) is 24.0. The number of carbonyl (C=O) groups excluding carboxylic acids is 2. The van der Waals surface area contributed by atoms with Crippen molar-refractivity contribution in [3.8, 4) is 0 Å². The van der Waals surface area contributed by atoms with E-state index in [-0.39, 0.29) is 5.91 Å². The minimum absolute atomic E-state index is 0.146. The topological polar surface area (TPSA) is 37.4 Å². The number of aryl methyl sites for hydroxylation is 1. The number of amides is 1. The normalized spacial score (nSPS) is 15.0. The first-order valence-electron chi connectivity index (χ1n) is 5.14. The van der Waals surface area contributed by atoms with Crippen LogP contribution >= 0.6 is 0 Å². The second-order valence-corrected chi connectivity index (χ2v) is 3.64. The molecule has 78 valence electrons. The zero-order valence-electron chi connectivity index (χ0n) is 8.69. The third kappa shape index (κ3) is 1.65. The van der Waals surface area contributed by atoms with Gasteiger partial charge in [-0.05, 0) is 25.0 Å². The summed E-state index contributed by atoms with van der Waals surface area (Å²) in [6, 6.07) is 5.53. The molecule has 1 amide bonds. The van der Waals surface area contributed by atoms with Gasteiger partial charge in [-0.2, -0.15) is 0 Å². The Hall–Kier alpha value is -1.64. The molecule has 0 aromatic heterocycles. The predicted molar refractivity (Wildman–Crippen MR) is 58.2 cm³/mol. The molecular weight excluding hydrogens is 190 g/mol. The summed E-state index contributed by atoms with van der Waals surface area (Å²) >= 11 is 0. The van der Waals surface area contributed by atoms with E-state index in [4.69, 9.17) is 0 Å². The van der Waals surface area contributed by atoms with Crippen LogP contribution in [-0.2, 0) is 11.2 Å². The lowest BCUT2D eigenvalue weighted by Gasteiger charge is -2.28. The number of aldehydes is 1. The first-order valence-corrected chi connectivity index (χ1v) is 5.14. The number of hydrogen-bond acceptors (Lipinski definition) is 2. The molecule has 0 atom stereocenters. The highest BCUT2D eigenvalue weighted by Crippen LogP contribution is 2.28. The van der Waals surface area contributed by atoms with Gasteiger partial charge in [0.15, 0.2) is 0 Å². The number of hydrogen-bond donors (Lipinski definition) is 0. The molecular formula is C12H13NO2. The minimum atomic E-state index is 0.146. The van der Waals surface area contributed by atoms with Gasteiger partial charge in [0.1, 0.15) is 6.29 Å². The summed E-state index contributed by atoms with van der Waals surface area (Å²) in [5.74, 6) is 0.146. The van der Waals surface area contributed by atoms with E-state index in [1.165, 1.54) is 0 Å². The van der Waals surface area contributed by atoms with Crippen molar-refractivity contribution in [1.82, 2.24) is 0 Å². The van der Waals surface area contributed by atoms with Gasteiger partial charge in [-0.3, -0.25) is 9.59 Å². The Morgan fingerprint density at radius 1 is 1.40 bits per heavy atom. The van der Waals surface area contributed by atoms with E-state index in [2.05, 4.69) is 0 Å². The van der Waals surface area contributed by atoms with E-state index in [0.29, 0.717) is 18.5 Å². The Kier molecular flexibility index (Phi) is 2.54. The summed E-state index contributed by atoms with van der Waals surface area (Å²) < 4.78 is 0. The average Bonchev–Trinajstić information content (AvgIpc) is 2.28. The second-order valence-electron chi connectivity index (χ2n) is 3.64. The van der Waals surface area contributed by atoms with Crippen molar-refractivity contribution in [2.24, 2.45) is 0 Å². The van der Waals surface area contributed by atoms with Crippen molar-refractivity contribution >= 4 is 17.9 Å². The van der Waals surface area contributed by atoms with Gasteiger partial charge in [-0.1, -0.05) is 12.1 Å². The van der Waals surface area contributed by atoms with Crippen molar-refractivity contribution in [1.29, 1.82) is 0 Å². The van der Waals surface area contributed by atoms with E-state index >= 15 is 0 Å². The maximum Gasteiger partial charge on any atom is 0.227 e. The zero-order chi connectivity index (χ0) is 10.8. The molecule has 2 rings (SSSR count). The molecule has 0 N–H and O–H groups in total. The molecule has 0 aliphatic carbocycles. The summed E-state index contributed by atoms with van der Waals surface area (Å²) in [5.41, 5.74) is 2.68. The van der Waals surface area contributed by atoms with Crippen molar-refractivity contribution in [2.75, 3.05) is 11.4 Å². The Bertz CT molecular complexity index is 412. The SMILES string of the molecule is CCN1C(=O)CCc2ccc(C=O)cc21. The van der Waals surface area contributed by atoms with Crippen LogP contribution in [-0.4, -0.2) is 18.7 Å². The van der Waals surface area contributed by atoms with Crippen LogP contribution in [0.3, 0.4) is 0 Å². The van der Waals surface area contributed by atoms with Gasteiger partial charge < -0.3 is 4.90 Å². The van der Waals surface area contributed by atoms with E-state index in [1.807, 2.05) is 13.0 Å². The van der Waals surface area contributed by atoms with Gasteiger partial charge in [-0.25, -0.2) is 0 Å². The van der Waals surface area contributed by atoms with Gasteiger partial charge in [0.2, 0.25) is 5.91 Å². The third-order valence-corrected chi connectivity index (χ3v) is 2.76. The molecule has 0 saturated carbocycles. The first-order chi connectivity index (χ1) is 7.26.